The molecular formula is C13H19N3O3S. The zero-order chi connectivity index (χ0) is 14.8. The van der Waals surface area contributed by atoms with Gasteiger partial charge in [-0.15, -0.1) is 0 Å². The van der Waals surface area contributed by atoms with Crippen molar-refractivity contribution in [3.8, 4) is 0 Å². The minimum absolute atomic E-state index is 0.0712. The van der Waals surface area contributed by atoms with E-state index in [2.05, 4.69) is 10.0 Å². The van der Waals surface area contributed by atoms with Gasteiger partial charge in [-0.3, -0.25) is 4.79 Å². The number of carbonyl (C=O) groups excluding carboxylic acids is 1. The molecule has 1 amide bonds. The Morgan fingerprint density at radius 3 is 2.45 bits per heavy atom. The molecule has 1 aliphatic rings. The van der Waals surface area contributed by atoms with Crippen LogP contribution in [0.1, 0.15) is 26.2 Å². The fraction of sp³-hybridized carbons (Fsp3) is 0.462. The fourth-order valence-electron chi connectivity index (χ4n) is 1.63. The average Bonchev–Trinajstić information content (AvgIpc) is 3.21. The lowest BCUT2D eigenvalue weighted by atomic mass is 10.2. The normalized spacial score (nSPS) is 16.7. The number of nitrogens with one attached hydrogen (secondary N) is 2. The summed E-state index contributed by atoms with van der Waals surface area (Å²) in [5.41, 5.74) is 6.14. The minimum Gasteiger partial charge on any atom is -0.325 e. The molecule has 110 valence electrons. The zero-order valence-electron chi connectivity index (χ0n) is 11.3. The number of nitrogens with two attached hydrogens (primary N) is 1. The van der Waals surface area contributed by atoms with Gasteiger partial charge in [0, 0.05) is 11.7 Å². The zero-order valence-corrected chi connectivity index (χ0v) is 12.1. The van der Waals surface area contributed by atoms with Crippen LogP contribution in [0.15, 0.2) is 29.2 Å². The average molecular weight is 297 g/mol. The molecule has 0 aliphatic heterocycles. The molecule has 0 aromatic heterocycles. The maximum absolute atomic E-state index is 12.0. The Morgan fingerprint density at radius 2 is 1.95 bits per heavy atom. The summed E-state index contributed by atoms with van der Waals surface area (Å²) >= 11 is 0. The Bertz CT molecular complexity index is 579. The van der Waals surface area contributed by atoms with Gasteiger partial charge in [0.15, 0.2) is 0 Å². The number of sulfonamides is 1. The number of hydrogen-bond donors (Lipinski definition) is 3. The Kier molecular flexibility index (Phi) is 4.42. The first-order valence-corrected chi connectivity index (χ1v) is 8.09. The minimum atomic E-state index is -3.45. The third-order valence-corrected chi connectivity index (χ3v) is 4.64. The first-order valence-electron chi connectivity index (χ1n) is 6.61. The Hall–Kier alpha value is -1.44. The molecule has 0 bridgehead atoms. The van der Waals surface area contributed by atoms with E-state index in [4.69, 9.17) is 5.73 Å². The van der Waals surface area contributed by atoms with Gasteiger partial charge in [-0.25, -0.2) is 13.1 Å². The standard InChI is InChI=1S/C13H19N3O3S/c1-2-12(14)13(17)15-9-5-7-11(8-6-9)20(18,19)16-10-3-4-10/h5-8,10,12,16H,2-4,14H2,1H3,(H,15,17). The van der Waals surface area contributed by atoms with Gasteiger partial charge in [-0.2, -0.15) is 0 Å². The van der Waals surface area contributed by atoms with Gasteiger partial charge in [0.1, 0.15) is 0 Å². The molecular weight excluding hydrogens is 278 g/mol. The predicted molar refractivity (Wildman–Crippen MR) is 76.7 cm³/mol. The first kappa shape index (κ1) is 15.0. The molecule has 6 nitrogen and oxygen atoms in total. The van der Waals surface area contributed by atoms with Crippen LogP contribution in [0.5, 0.6) is 0 Å². The van der Waals surface area contributed by atoms with Crippen molar-refractivity contribution in [2.24, 2.45) is 5.73 Å². The van der Waals surface area contributed by atoms with Crippen molar-refractivity contribution in [1.29, 1.82) is 0 Å². The summed E-state index contributed by atoms with van der Waals surface area (Å²) in [4.78, 5) is 11.8. The lowest BCUT2D eigenvalue weighted by Gasteiger charge is -2.11. The molecule has 0 radical (unpaired) electrons. The summed E-state index contributed by atoms with van der Waals surface area (Å²) in [5.74, 6) is -0.279. The van der Waals surface area contributed by atoms with Crippen LogP contribution in [0.2, 0.25) is 0 Å². The van der Waals surface area contributed by atoms with E-state index in [1.54, 1.807) is 12.1 Å². The molecule has 2 rings (SSSR count). The van der Waals surface area contributed by atoms with Crippen LogP contribution in [0.25, 0.3) is 0 Å². The van der Waals surface area contributed by atoms with Gasteiger partial charge < -0.3 is 11.1 Å². The van der Waals surface area contributed by atoms with Crippen molar-refractivity contribution in [1.82, 2.24) is 4.72 Å². The molecule has 20 heavy (non-hydrogen) atoms. The maximum atomic E-state index is 12.0. The van der Waals surface area contributed by atoms with E-state index in [0.717, 1.165) is 12.8 Å². The second kappa shape index (κ2) is 5.90. The van der Waals surface area contributed by atoms with Crippen molar-refractivity contribution in [3.63, 3.8) is 0 Å². The highest BCUT2D eigenvalue weighted by Crippen LogP contribution is 2.22. The molecule has 1 fully saturated rings. The highest BCUT2D eigenvalue weighted by molar-refractivity contribution is 7.89. The van der Waals surface area contributed by atoms with E-state index < -0.39 is 16.1 Å². The van der Waals surface area contributed by atoms with Crippen LogP contribution in [0, 0.1) is 0 Å². The van der Waals surface area contributed by atoms with E-state index in [-0.39, 0.29) is 16.8 Å². The summed E-state index contributed by atoms with van der Waals surface area (Å²) in [6.45, 7) is 1.82. The number of amides is 1. The van der Waals surface area contributed by atoms with Gasteiger partial charge >= 0.3 is 0 Å². The van der Waals surface area contributed by atoms with E-state index in [0.29, 0.717) is 12.1 Å². The molecule has 1 atom stereocenters. The first-order chi connectivity index (χ1) is 9.42. The van der Waals surface area contributed by atoms with Gasteiger partial charge in [0.2, 0.25) is 15.9 Å². The highest BCUT2D eigenvalue weighted by Gasteiger charge is 2.27. The summed E-state index contributed by atoms with van der Waals surface area (Å²) in [6.07, 6.45) is 2.33. The smallest absolute Gasteiger partial charge is 0.241 e. The van der Waals surface area contributed by atoms with Gasteiger partial charge in [0.25, 0.3) is 0 Å². The molecule has 0 spiro atoms. The van der Waals surface area contributed by atoms with Crippen LogP contribution in [0.3, 0.4) is 0 Å². The predicted octanol–water partition coefficient (Wildman–Crippen LogP) is 0.803. The molecule has 4 N–H and O–H groups in total. The monoisotopic (exact) mass is 297 g/mol. The summed E-state index contributed by atoms with van der Waals surface area (Å²) in [5, 5.41) is 2.65. The summed E-state index contributed by atoms with van der Waals surface area (Å²) < 4.78 is 26.5. The molecule has 7 heteroatoms. The van der Waals surface area contributed by atoms with Crippen molar-refractivity contribution in [2.75, 3.05) is 5.32 Å². The number of rotatable bonds is 6. The molecule has 1 unspecified atom stereocenters. The topological polar surface area (TPSA) is 101 Å². The van der Waals surface area contributed by atoms with Crippen molar-refractivity contribution < 1.29 is 13.2 Å². The van der Waals surface area contributed by atoms with E-state index in [1.165, 1.54) is 12.1 Å². The van der Waals surface area contributed by atoms with Crippen LogP contribution < -0.4 is 15.8 Å². The van der Waals surface area contributed by atoms with Gasteiger partial charge in [-0.1, -0.05) is 6.92 Å². The van der Waals surface area contributed by atoms with E-state index >= 15 is 0 Å². The van der Waals surface area contributed by atoms with E-state index in [1.807, 2.05) is 6.92 Å². The lowest BCUT2D eigenvalue weighted by molar-refractivity contribution is -0.117. The largest absolute Gasteiger partial charge is 0.325 e. The number of hydrogen-bond acceptors (Lipinski definition) is 4. The molecule has 0 heterocycles. The van der Waals surface area contributed by atoms with Crippen molar-refractivity contribution in [2.45, 2.75) is 43.2 Å². The number of anilines is 1. The van der Waals surface area contributed by atoms with Crippen LogP contribution >= 0.6 is 0 Å². The van der Waals surface area contributed by atoms with Crippen LogP contribution in [0.4, 0.5) is 5.69 Å². The maximum Gasteiger partial charge on any atom is 0.241 e. The van der Waals surface area contributed by atoms with Crippen LogP contribution in [-0.4, -0.2) is 26.4 Å². The van der Waals surface area contributed by atoms with Crippen molar-refractivity contribution >= 4 is 21.6 Å². The Labute approximate surface area is 118 Å². The van der Waals surface area contributed by atoms with Crippen LogP contribution in [-0.2, 0) is 14.8 Å². The molecule has 1 saturated carbocycles. The summed E-state index contributed by atoms with van der Waals surface area (Å²) in [7, 11) is -3.45. The quantitative estimate of drug-likeness (QED) is 0.723. The Balaban J connectivity index is 2.04. The number of carbonyl (C=O) groups is 1. The number of benzene rings is 1. The SMILES string of the molecule is CCC(N)C(=O)Nc1ccc(S(=O)(=O)NC2CC2)cc1. The fourth-order valence-corrected chi connectivity index (χ4v) is 2.93. The Morgan fingerprint density at radius 1 is 1.35 bits per heavy atom. The van der Waals surface area contributed by atoms with Gasteiger partial charge in [0.05, 0.1) is 10.9 Å². The second-order valence-electron chi connectivity index (χ2n) is 4.92. The molecule has 1 aliphatic carbocycles. The second-order valence-corrected chi connectivity index (χ2v) is 6.64. The third kappa shape index (κ3) is 3.78. The van der Waals surface area contributed by atoms with E-state index in [9.17, 15) is 13.2 Å². The highest BCUT2D eigenvalue weighted by atomic mass is 32.2. The lowest BCUT2D eigenvalue weighted by Crippen LogP contribution is -2.34. The summed E-state index contributed by atoms with van der Waals surface area (Å²) in [6, 6.07) is 5.57. The molecule has 1 aromatic carbocycles. The third-order valence-electron chi connectivity index (χ3n) is 3.11. The molecule has 0 saturated heterocycles. The van der Waals surface area contributed by atoms with Crippen molar-refractivity contribution in [3.05, 3.63) is 24.3 Å². The van der Waals surface area contributed by atoms with Gasteiger partial charge in [-0.05, 0) is 43.5 Å². The molecule has 1 aromatic rings.